The smallest absolute Gasteiger partial charge is 0.211 e. The highest BCUT2D eigenvalue weighted by atomic mass is 16.5. The molecule has 2 N–H and O–H groups in total. The number of rotatable bonds is 7. The Kier molecular flexibility index (Phi) is 5.65. The van der Waals surface area contributed by atoms with Gasteiger partial charge < -0.3 is 9.47 Å². The number of hydrogen-bond acceptors (Lipinski definition) is 4. The molecule has 0 spiro atoms. The zero-order chi connectivity index (χ0) is 16.1. The maximum Gasteiger partial charge on any atom is 0.211 e. The first-order valence-corrected chi connectivity index (χ1v) is 7.48. The maximum absolute atomic E-state index is 5.41. The normalized spacial score (nSPS) is 15.5. The Morgan fingerprint density at radius 2 is 1.41 bits per heavy atom. The minimum Gasteiger partial charge on any atom is -0.374 e. The van der Waals surface area contributed by atoms with Crippen LogP contribution in [0.5, 0.6) is 0 Å². The predicted octanol–water partition coefficient (Wildman–Crippen LogP) is 1.78. The van der Waals surface area contributed by atoms with Crippen LogP contribution in [0, 0.1) is 0 Å². The van der Waals surface area contributed by atoms with Crippen molar-refractivity contribution in [1.29, 1.82) is 0 Å². The summed E-state index contributed by atoms with van der Waals surface area (Å²) in [5, 5.41) is 8.56. The molecule has 1 aromatic carbocycles. The van der Waals surface area contributed by atoms with Crippen molar-refractivity contribution in [2.24, 2.45) is 0 Å². The molecule has 0 saturated heterocycles. The van der Waals surface area contributed by atoms with Gasteiger partial charge in [0.2, 0.25) is 11.6 Å². The third kappa shape index (κ3) is 3.52. The van der Waals surface area contributed by atoms with Gasteiger partial charge in [0, 0.05) is 19.8 Å². The van der Waals surface area contributed by atoms with E-state index in [9.17, 15) is 0 Å². The first-order chi connectivity index (χ1) is 10.6. The fourth-order valence-corrected chi connectivity index (χ4v) is 2.30. The van der Waals surface area contributed by atoms with E-state index in [1.54, 1.807) is 14.2 Å². The van der Waals surface area contributed by atoms with E-state index in [-0.39, 0.29) is 18.2 Å². The molecule has 0 bridgehead atoms. The van der Waals surface area contributed by atoms with Crippen LogP contribution >= 0.6 is 0 Å². The summed E-state index contributed by atoms with van der Waals surface area (Å²) < 4.78 is 12.8. The number of ether oxygens (including phenoxy) is 2. The second-order valence-electron chi connectivity index (χ2n) is 5.39. The van der Waals surface area contributed by atoms with E-state index >= 15 is 0 Å². The predicted molar refractivity (Wildman–Crippen MR) is 83.1 cm³/mol. The SMILES string of the molecule is CO[C@@H](C)c1nnc([C@H](C)OC)n1[NH2+]C(C)c1ccccc1. The molecular formula is C16H25N4O2+. The second-order valence-corrected chi connectivity index (χ2v) is 5.39. The summed E-state index contributed by atoms with van der Waals surface area (Å²) >= 11 is 0. The third-order valence-corrected chi connectivity index (χ3v) is 3.88. The number of nitrogens with two attached hydrogens (primary N) is 1. The van der Waals surface area contributed by atoms with Gasteiger partial charge in [-0.3, -0.25) is 0 Å². The molecule has 0 aliphatic carbocycles. The number of quaternary nitrogens is 1. The van der Waals surface area contributed by atoms with Crippen LogP contribution in [0.1, 0.15) is 56.2 Å². The molecule has 0 aliphatic heterocycles. The van der Waals surface area contributed by atoms with Gasteiger partial charge in [0.15, 0.2) is 0 Å². The van der Waals surface area contributed by atoms with Crippen LogP contribution in [0.2, 0.25) is 0 Å². The minimum absolute atomic E-state index is 0.135. The van der Waals surface area contributed by atoms with Crippen LogP contribution in [0.25, 0.3) is 0 Å². The number of hydrogen-bond donors (Lipinski definition) is 1. The largest absolute Gasteiger partial charge is 0.374 e. The molecule has 3 atom stereocenters. The van der Waals surface area contributed by atoms with E-state index in [0.29, 0.717) is 0 Å². The molecule has 120 valence electrons. The lowest BCUT2D eigenvalue weighted by atomic mass is 10.1. The second kappa shape index (κ2) is 7.49. The zero-order valence-electron chi connectivity index (χ0n) is 13.9. The van der Waals surface area contributed by atoms with Gasteiger partial charge in [-0.05, 0) is 20.8 Å². The van der Waals surface area contributed by atoms with Gasteiger partial charge in [-0.2, -0.15) is 4.68 Å². The first-order valence-electron chi connectivity index (χ1n) is 7.48. The monoisotopic (exact) mass is 305 g/mol. The minimum atomic E-state index is -0.135. The molecule has 6 nitrogen and oxygen atoms in total. The quantitative estimate of drug-likeness (QED) is 0.792. The fourth-order valence-electron chi connectivity index (χ4n) is 2.30. The molecule has 6 heteroatoms. The van der Waals surface area contributed by atoms with E-state index in [1.165, 1.54) is 5.56 Å². The lowest BCUT2D eigenvalue weighted by Gasteiger charge is -2.18. The summed E-state index contributed by atoms with van der Waals surface area (Å²) in [5.41, 5.74) is 3.36. The molecule has 1 unspecified atom stereocenters. The molecule has 0 radical (unpaired) electrons. The zero-order valence-corrected chi connectivity index (χ0v) is 13.9. The Labute approximate surface area is 131 Å². The average Bonchev–Trinajstić information content (AvgIpc) is 2.97. The molecule has 0 aliphatic rings. The number of aromatic nitrogens is 3. The van der Waals surface area contributed by atoms with Gasteiger partial charge in [-0.15, -0.1) is 10.2 Å². The molecular weight excluding hydrogens is 280 g/mol. The van der Waals surface area contributed by atoms with Crippen molar-refractivity contribution in [3.8, 4) is 0 Å². The van der Waals surface area contributed by atoms with E-state index in [2.05, 4.69) is 34.7 Å². The Morgan fingerprint density at radius 1 is 0.909 bits per heavy atom. The molecule has 1 aromatic heterocycles. The van der Waals surface area contributed by atoms with Gasteiger partial charge in [0.1, 0.15) is 18.2 Å². The fraction of sp³-hybridized carbons (Fsp3) is 0.500. The summed E-state index contributed by atoms with van der Waals surface area (Å²) in [6.07, 6.45) is -0.269. The first kappa shape index (κ1) is 16.6. The van der Waals surface area contributed by atoms with Crippen LogP contribution < -0.4 is 5.43 Å². The van der Waals surface area contributed by atoms with E-state index in [4.69, 9.17) is 9.47 Å². The van der Waals surface area contributed by atoms with Crippen molar-refractivity contribution in [3.63, 3.8) is 0 Å². The molecule has 0 saturated carbocycles. The van der Waals surface area contributed by atoms with Crippen molar-refractivity contribution in [2.45, 2.75) is 39.0 Å². The number of methoxy groups -OCH3 is 2. The summed E-state index contributed by atoms with van der Waals surface area (Å²) in [4.78, 5) is 0. The lowest BCUT2D eigenvalue weighted by molar-refractivity contribution is -0.748. The number of benzene rings is 1. The molecule has 1 heterocycles. The Balaban J connectivity index is 2.32. The molecule has 0 fully saturated rings. The maximum atomic E-state index is 5.41. The van der Waals surface area contributed by atoms with Crippen LogP contribution in [-0.2, 0) is 9.47 Å². The highest BCUT2D eigenvalue weighted by Gasteiger charge is 2.25. The van der Waals surface area contributed by atoms with Crippen LogP contribution in [0.4, 0.5) is 0 Å². The van der Waals surface area contributed by atoms with E-state index in [1.807, 2.05) is 36.7 Å². The van der Waals surface area contributed by atoms with Gasteiger partial charge in [-0.25, -0.2) is 5.43 Å². The standard InChI is InChI=1S/C16H24N4O2/c1-11(14-9-7-6-8-10-14)19-20-15(12(2)21-4)17-18-16(20)13(3)22-5/h6-13,19H,1-5H3/p+1/t11?,12-,13-/m0/s1. The summed E-state index contributed by atoms with van der Waals surface area (Å²) in [6, 6.07) is 10.6. The van der Waals surface area contributed by atoms with Gasteiger partial charge in [0.05, 0.1) is 0 Å². The third-order valence-electron chi connectivity index (χ3n) is 3.88. The molecule has 2 rings (SSSR count). The van der Waals surface area contributed by atoms with Crippen molar-refractivity contribution in [2.75, 3.05) is 14.2 Å². The Morgan fingerprint density at radius 3 is 1.86 bits per heavy atom. The Bertz CT molecular complexity index is 558. The van der Waals surface area contributed by atoms with Crippen LogP contribution in [0.15, 0.2) is 30.3 Å². The topological polar surface area (TPSA) is 65.8 Å². The average molecular weight is 305 g/mol. The highest BCUT2D eigenvalue weighted by molar-refractivity contribution is 5.16. The molecule has 22 heavy (non-hydrogen) atoms. The van der Waals surface area contributed by atoms with Gasteiger partial charge in [-0.1, -0.05) is 30.3 Å². The summed E-state index contributed by atoms with van der Waals surface area (Å²) in [5.74, 6) is 1.56. The number of nitrogens with zero attached hydrogens (tertiary/aromatic N) is 3. The Hall–Kier alpha value is -1.76. The van der Waals surface area contributed by atoms with Gasteiger partial charge >= 0.3 is 0 Å². The van der Waals surface area contributed by atoms with Gasteiger partial charge in [0.25, 0.3) is 0 Å². The highest BCUT2D eigenvalue weighted by Crippen LogP contribution is 2.18. The summed E-state index contributed by atoms with van der Waals surface area (Å²) in [6.45, 7) is 6.07. The van der Waals surface area contributed by atoms with E-state index in [0.717, 1.165) is 11.6 Å². The van der Waals surface area contributed by atoms with E-state index < -0.39 is 0 Å². The van der Waals surface area contributed by atoms with Crippen LogP contribution in [0.3, 0.4) is 0 Å². The van der Waals surface area contributed by atoms with Crippen LogP contribution in [-0.4, -0.2) is 29.1 Å². The van der Waals surface area contributed by atoms with Crippen molar-refractivity contribution in [3.05, 3.63) is 47.5 Å². The summed E-state index contributed by atoms with van der Waals surface area (Å²) in [7, 11) is 3.34. The molecule has 2 aromatic rings. The molecule has 0 amide bonds. The lowest BCUT2D eigenvalue weighted by Crippen LogP contribution is -2.89. The van der Waals surface area contributed by atoms with Crippen molar-refractivity contribution < 1.29 is 14.9 Å². The van der Waals surface area contributed by atoms with Crippen molar-refractivity contribution in [1.82, 2.24) is 14.9 Å². The van der Waals surface area contributed by atoms with Crippen molar-refractivity contribution >= 4 is 0 Å².